The van der Waals surface area contributed by atoms with Crippen molar-refractivity contribution in [3.8, 4) is 5.75 Å². The molecule has 0 aliphatic heterocycles. The molecule has 2 aromatic carbocycles. The summed E-state index contributed by atoms with van der Waals surface area (Å²) in [7, 11) is -4.03. The quantitative estimate of drug-likeness (QED) is 0.0198. The van der Waals surface area contributed by atoms with Crippen molar-refractivity contribution in [1.82, 2.24) is 9.97 Å². The number of benzene rings is 2. The number of carbonyl (C=O) groups is 2. The summed E-state index contributed by atoms with van der Waals surface area (Å²) in [6.45, 7) is 3.79. The molecule has 2 aromatic heterocycles. The normalized spacial score (nSPS) is 11.9. The lowest BCUT2D eigenvalue weighted by Gasteiger charge is -2.12. The average Bonchev–Trinajstić information content (AvgIpc) is 3.11. The number of hydrogen-bond donors (Lipinski definition) is 8. The maximum absolute atomic E-state index is 10.9. The lowest BCUT2D eigenvalue weighted by Crippen LogP contribution is -2.30. The predicted molar refractivity (Wildman–Crippen MR) is 206 cm³/mol. The van der Waals surface area contributed by atoms with E-state index < -0.39 is 25.6 Å². The molecule has 0 saturated heterocycles. The van der Waals surface area contributed by atoms with Crippen molar-refractivity contribution < 1.29 is 48.4 Å². The molecule has 0 unspecified atom stereocenters. The van der Waals surface area contributed by atoms with Gasteiger partial charge in [-0.1, -0.05) is 18.2 Å². The van der Waals surface area contributed by atoms with E-state index in [0.717, 1.165) is 51.6 Å². The zero-order valence-electron chi connectivity index (χ0n) is 30.2. The molecule has 12 N–H and O–H groups in total. The first-order valence-electron chi connectivity index (χ1n) is 17.3. The summed E-state index contributed by atoms with van der Waals surface area (Å²) in [5, 5.41) is 19.2. The number of aryl methyl sites for hydroxylation is 4. The number of rotatable bonds is 21. The number of nitrogen functional groups attached to an aromatic ring is 1. The highest BCUT2D eigenvalue weighted by Crippen LogP contribution is 2.33. The second kappa shape index (κ2) is 21.7. The van der Waals surface area contributed by atoms with Crippen LogP contribution >= 0.6 is 7.60 Å². The van der Waals surface area contributed by atoms with Crippen molar-refractivity contribution in [2.75, 3.05) is 51.5 Å². The van der Waals surface area contributed by atoms with Gasteiger partial charge in [0.05, 0.1) is 38.1 Å². The molecule has 4 rings (SSSR count). The van der Waals surface area contributed by atoms with E-state index in [4.69, 9.17) is 57.1 Å². The van der Waals surface area contributed by atoms with Crippen LogP contribution in [-0.4, -0.2) is 99.6 Å². The summed E-state index contributed by atoms with van der Waals surface area (Å²) >= 11 is 0. The van der Waals surface area contributed by atoms with Crippen LogP contribution in [-0.2, 0) is 42.9 Å². The number of hydrogen-bond acceptors (Lipinski definition) is 11. The molecule has 0 aliphatic rings. The minimum atomic E-state index is -4.03. The van der Waals surface area contributed by atoms with Crippen molar-refractivity contribution in [2.45, 2.75) is 51.5 Å². The SMILES string of the molecule is Cc1cc(OCCOCCOCCP(=O)(O)O)ccc1CCc1cnc2c(N)nc3cc(CCC(=O)O)ccc3c2c1.NC(N)=NCCC[C@H](N)C(=O)O. The van der Waals surface area contributed by atoms with Gasteiger partial charge < -0.3 is 57.1 Å². The smallest absolute Gasteiger partial charge is 0.327 e. The van der Waals surface area contributed by atoms with Gasteiger partial charge in [-0.05, 0) is 85.5 Å². The van der Waals surface area contributed by atoms with Crippen molar-refractivity contribution in [1.29, 1.82) is 0 Å². The Morgan fingerprint density at radius 2 is 1.63 bits per heavy atom. The van der Waals surface area contributed by atoms with Gasteiger partial charge in [0.1, 0.15) is 23.9 Å². The largest absolute Gasteiger partial charge is 0.491 e. The van der Waals surface area contributed by atoms with Gasteiger partial charge in [0.15, 0.2) is 11.8 Å². The lowest BCUT2D eigenvalue weighted by atomic mass is 9.99. The zero-order chi connectivity index (χ0) is 39.7. The molecule has 1 atom stereocenters. The van der Waals surface area contributed by atoms with Gasteiger partial charge in [-0.3, -0.25) is 24.1 Å². The molecule has 54 heavy (non-hydrogen) atoms. The third-order valence-electron chi connectivity index (χ3n) is 8.08. The molecular formula is C36H50N7O10P. The zero-order valence-corrected chi connectivity index (χ0v) is 31.1. The van der Waals surface area contributed by atoms with E-state index in [-0.39, 0.29) is 31.8 Å². The standard InChI is InChI=1S/C30H36N3O8P.C6H14N4O2/c1-20-16-24(41-13-12-39-10-11-40-14-15-42(36,37)38)7-6-23(20)5-2-22-17-26-25-8-3-21(4-9-28(34)35)18-27(25)33-30(31)29(26)32-19-22;7-4(5(11)12)2-1-3-10-6(8)9/h3,6-8,16-19H,2,4-5,9-15H2,1H3,(H2,31,33)(H,34,35)(H2,36,37,38);4H,1-3,7H2,(H,11,12)(H4,8,9,10)/t;4-/m.0/s1. The Hall–Kier alpha value is -4.90. The number of carboxylic acid groups (broad SMARTS) is 2. The number of aromatic nitrogens is 2. The van der Waals surface area contributed by atoms with Gasteiger partial charge in [0.25, 0.3) is 0 Å². The number of carboxylic acids is 2. The Morgan fingerprint density at radius 1 is 0.907 bits per heavy atom. The van der Waals surface area contributed by atoms with E-state index in [1.165, 1.54) is 5.56 Å². The number of aliphatic imine (C=N–C) groups is 1. The summed E-state index contributed by atoms with van der Waals surface area (Å²) in [5.41, 5.74) is 27.2. The highest BCUT2D eigenvalue weighted by atomic mass is 31.2. The number of anilines is 1. The minimum absolute atomic E-state index is 0.00545. The number of nitrogens with two attached hydrogens (primary N) is 4. The second-order valence-electron chi connectivity index (χ2n) is 12.4. The summed E-state index contributed by atoms with van der Waals surface area (Å²) < 4.78 is 27.1. The number of nitrogens with zero attached hydrogens (tertiary/aromatic N) is 3. The van der Waals surface area contributed by atoms with Crippen LogP contribution < -0.4 is 27.7 Å². The van der Waals surface area contributed by atoms with E-state index in [2.05, 4.69) is 27.1 Å². The van der Waals surface area contributed by atoms with Crippen LogP contribution in [0.2, 0.25) is 0 Å². The van der Waals surface area contributed by atoms with Gasteiger partial charge in [0, 0.05) is 29.9 Å². The third kappa shape index (κ3) is 15.6. The van der Waals surface area contributed by atoms with Crippen LogP contribution in [0.4, 0.5) is 5.82 Å². The van der Waals surface area contributed by atoms with Crippen LogP contribution in [0.1, 0.15) is 41.5 Å². The van der Waals surface area contributed by atoms with E-state index >= 15 is 0 Å². The molecule has 0 bridgehead atoms. The van der Waals surface area contributed by atoms with Crippen LogP contribution in [0.3, 0.4) is 0 Å². The topological polar surface area (TPSA) is 302 Å². The number of fused-ring (bicyclic) bond motifs is 3. The van der Waals surface area contributed by atoms with Gasteiger partial charge in [-0.15, -0.1) is 0 Å². The summed E-state index contributed by atoms with van der Waals surface area (Å²) in [6, 6.07) is 13.1. The fourth-order valence-electron chi connectivity index (χ4n) is 5.23. The monoisotopic (exact) mass is 771 g/mol. The highest BCUT2D eigenvalue weighted by molar-refractivity contribution is 7.51. The summed E-state index contributed by atoms with van der Waals surface area (Å²) in [4.78, 5) is 51.5. The van der Waals surface area contributed by atoms with Gasteiger partial charge in [0.2, 0.25) is 0 Å². The number of aliphatic carboxylic acids is 2. The van der Waals surface area contributed by atoms with Gasteiger partial charge in [-0.2, -0.15) is 0 Å². The first-order valence-corrected chi connectivity index (χ1v) is 19.1. The minimum Gasteiger partial charge on any atom is -0.491 e. The van der Waals surface area contributed by atoms with Crippen LogP contribution in [0, 0.1) is 6.92 Å². The molecule has 2 heterocycles. The molecule has 18 heteroatoms. The van der Waals surface area contributed by atoms with E-state index in [9.17, 15) is 14.2 Å². The van der Waals surface area contributed by atoms with Crippen molar-refractivity contribution in [3.05, 3.63) is 70.9 Å². The molecule has 294 valence electrons. The third-order valence-corrected chi connectivity index (χ3v) is 8.85. The fourth-order valence-corrected chi connectivity index (χ4v) is 5.59. The molecule has 0 radical (unpaired) electrons. The highest BCUT2D eigenvalue weighted by Gasteiger charge is 2.13. The molecule has 0 saturated carbocycles. The maximum Gasteiger partial charge on any atom is 0.327 e. The lowest BCUT2D eigenvalue weighted by molar-refractivity contribution is -0.139. The van der Waals surface area contributed by atoms with Crippen LogP contribution in [0.25, 0.3) is 21.8 Å². The van der Waals surface area contributed by atoms with Gasteiger partial charge in [-0.25, -0.2) is 4.98 Å². The van der Waals surface area contributed by atoms with Crippen molar-refractivity contribution in [3.63, 3.8) is 0 Å². The predicted octanol–water partition coefficient (Wildman–Crippen LogP) is 2.52. The molecule has 0 aliphatic carbocycles. The van der Waals surface area contributed by atoms with Crippen LogP contribution in [0.15, 0.2) is 53.7 Å². The average molecular weight is 772 g/mol. The maximum atomic E-state index is 10.9. The summed E-state index contributed by atoms with van der Waals surface area (Å²) in [6.07, 6.45) is 4.59. The molecule has 0 amide bonds. The fraction of sp³-hybridized carbons (Fsp3) is 0.417. The Morgan fingerprint density at radius 3 is 2.30 bits per heavy atom. The Labute approximate surface area is 312 Å². The Bertz CT molecular complexity index is 1940. The number of pyridine rings is 2. The van der Waals surface area contributed by atoms with Crippen LogP contribution in [0.5, 0.6) is 5.75 Å². The number of guanidine groups is 1. The molecule has 0 fully saturated rings. The molecular weight excluding hydrogens is 721 g/mol. The van der Waals surface area contributed by atoms with E-state index in [1.54, 1.807) is 0 Å². The Kier molecular flexibility index (Phi) is 17.5. The van der Waals surface area contributed by atoms with Crippen molar-refractivity contribution in [2.24, 2.45) is 22.2 Å². The number of ether oxygens (including phenoxy) is 3. The van der Waals surface area contributed by atoms with E-state index in [0.29, 0.717) is 57.0 Å². The van der Waals surface area contributed by atoms with Crippen molar-refractivity contribution >= 4 is 53.1 Å². The molecule has 17 nitrogen and oxygen atoms in total. The first kappa shape index (κ1) is 43.5. The first-order chi connectivity index (χ1) is 25.6. The van der Waals surface area contributed by atoms with Gasteiger partial charge >= 0.3 is 19.5 Å². The molecule has 0 spiro atoms. The van der Waals surface area contributed by atoms with E-state index in [1.807, 2.05) is 43.5 Å². The molecule has 4 aromatic rings. The second-order valence-corrected chi connectivity index (χ2v) is 14.2. The Balaban J connectivity index is 0.000000562. The summed E-state index contributed by atoms with van der Waals surface area (Å²) in [5.74, 6) is -0.721.